The third kappa shape index (κ3) is 2.89. The molecule has 1 aliphatic heterocycles. The number of sulfonamides is 1. The molecule has 7 nitrogen and oxygen atoms in total. The Kier molecular flexibility index (Phi) is 4.26. The van der Waals surface area contributed by atoms with Crippen LogP contribution in [0.5, 0.6) is 0 Å². The first-order chi connectivity index (χ1) is 9.75. The van der Waals surface area contributed by atoms with Gasteiger partial charge in [0.1, 0.15) is 6.04 Å². The molecule has 21 heavy (non-hydrogen) atoms. The molecule has 1 amide bonds. The predicted octanol–water partition coefficient (Wildman–Crippen LogP) is 0.242. The Balaban J connectivity index is 2.47. The van der Waals surface area contributed by atoms with Crippen LogP contribution in [-0.4, -0.2) is 47.4 Å². The van der Waals surface area contributed by atoms with Gasteiger partial charge in [-0.25, -0.2) is 8.42 Å². The lowest BCUT2D eigenvalue weighted by atomic mass is 10.1. The molecule has 1 aromatic carbocycles. The maximum Gasteiger partial charge on any atom is 0.322 e. The average molecular weight is 330 g/mol. The molecule has 9 heteroatoms. The summed E-state index contributed by atoms with van der Waals surface area (Å²) in [4.78, 5) is 22.3. The van der Waals surface area contributed by atoms with Crippen LogP contribution in [0.4, 0.5) is 0 Å². The normalized spacial score (nSPS) is 19.6. The van der Waals surface area contributed by atoms with Gasteiger partial charge in [0.15, 0.2) is 0 Å². The van der Waals surface area contributed by atoms with Crippen molar-refractivity contribution in [2.24, 2.45) is 5.73 Å². The van der Waals surface area contributed by atoms with E-state index in [0.29, 0.717) is 5.56 Å². The number of amides is 1. The van der Waals surface area contributed by atoms with Gasteiger partial charge in [-0.1, -0.05) is 6.07 Å². The minimum Gasteiger partial charge on any atom is -0.480 e. The molecular weight excluding hydrogens is 316 g/mol. The minimum absolute atomic E-state index is 0.0685. The predicted molar refractivity (Wildman–Crippen MR) is 77.5 cm³/mol. The molecule has 0 aliphatic carbocycles. The maximum absolute atomic E-state index is 12.5. The molecule has 1 atom stereocenters. The van der Waals surface area contributed by atoms with Crippen LogP contribution in [0.15, 0.2) is 23.1 Å². The molecule has 1 aromatic rings. The highest BCUT2D eigenvalue weighted by molar-refractivity contribution is 8.00. The highest BCUT2D eigenvalue weighted by Gasteiger charge is 2.40. The van der Waals surface area contributed by atoms with Gasteiger partial charge in [-0.05, 0) is 24.6 Å². The summed E-state index contributed by atoms with van der Waals surface area (Å²) in [7, 11) is -3.98. The fraction of sp³-hybridized carbons (Fsp3) is 0.333. The molecular formula is C12H14N2O5S2. The lowest BCUT2D eigenvalue weighted by molar-refractivity contribution is -0.140. The molecule has 0 radical (unpaired) electrons. The number of benzene rings is 1. The van der Waals surface area contributed by atoms with Crippen LogP contribution in [0.1, 0.15) is 15.9 Å². The first-order valence-corrected chi connectivity index (χ1v) is 8.57. The SMILES string of the molecule is Cc1ccc(S(=O)(=O)N2CSCC2C(=O)O)cc1C(N)=O. The van der Waals surface area contributed by atoms with E-state index in [1.807, 2.05) is 0 Å². The Bertz CT molecular complexity index is 702. The van der Waals surface area contributed by atoms with Crippen molar-refractivity contribution in [3.05, 3.63) is 29.3 Å². The van der Waals surface area contributed by atoms with Gasteiger partial charge in [-0.2, -0.15) is 4.31 Å². The number of aliphatic carboxylic acids is 1. The van der Waals surface area contributed by atoms with E-state index in [1.165, 1.54) is 30.0 Å². The van der Waals surface area contributed by atoms with Crippen molar-refractivity contribution < 1.29 is 23.1 Å². The van der Waals surface area contributed by atoms with E-state index < -0.39 is 27.9 Å². The van der Waals surface area contributed by atoms with Crippen LogP contribution in [0.25, 0.3) is 0 Å². The molecule has 0 aromatic heterocycles. The van der Waals surface area contributed by atoms with E-state index in [9.17, 15) is 18.0 Å². The van der Waals surface area contributed by atoms with Crippen molar-refractivity contribution >= 4 is 33.7 Å². The third-order valence-electron chi connectivity index (χ3n) is 3.21. The number of carbonyl (C=O) groups excluding carboxylic acids is 1. The van der Waals surface area contributed by atoms with E-state index in [4.69, 9.17) is 10.8 Å². The number of carbonyl (C=O) groups is 2. The number of primary amides is 1. The van der Waals surface area contributed by atoms with Crippen LogP contribution in [-0.2, 0) is 14.8 Å². The third-order valence-corrected chi connectivity index (χ3v) is 6.23. The summed E-state index contributed by atoms with van der Waals surface area (Å²) in [6.45, 7) is 1.64. The van der Waals surface area contributed by atoms with Gasteiger partial charge in [0, 0.05) is 11.3 Å². The summed E-state index contributed by atoms with van der Waals surface area (Å²) in [6.07, 6.45) is 0. The number of carboxylic acid groups (broad SMARTS) is 1. The van der Waals surface area contributed by atoms with Gasteiger partial charge in [0.25, 0.3) is 0 Å². The maximum atomic E-state index is 12.5. The van der Waals surface area contributed by atoms with Crippen molar-refractivity contribution in [1.29, 1.82) is 0 Å². The molecule has 114 valence electrons. The zero-order valence-corrected chi connectivity index (χ0v) is 12.8. The topological polar surface area (TPSA) is 118 Å². The average Bonchev–Trinajstić information content (AvgIpc) is 2.88. The van der Waals surface area contributed by atoms with Crippen LogP contribution in [0, 0.1) is 6.92 Å². The smallest absolute Gasteiger partial charge is 0.322 e. The number of hydrogen-bond donors (Lipinski definition) is 2. The van der Waals surface area contributed by atoms with E-state index >= 15 is 0 Å². The van der Waals surface area contributed by atoms with Gasteiger partial charge in [0.2, 0.25) is 15.9 Å². The molecule has 2 rings (SSSR count). The number of hydrogen-bond acceptors (Lipinski definition) is 5. The largest absolute Gasteiger partial charge is 0.480 e. The second-order valence-electron chi connectivity index (χ2n) is 4.59. The van der Waals surface area contributed by atoms with Crippen molar-refractivity contribution in [2.75, 3.05) is 11.6 Å². The summed E-state index contributed by atoms with van der Waals surface area (Å²) in [6, 6.07) is 2.91. The summed E-state index contributed by atoms with van der Waals surface area (Å²) >= 11 is 1.23. The van der Waals surface area contributed by atoms with Crippen LogP contribution >= 0.6 is 11.8 Å². The van der Waals surface area contributed by atoms with Crippen molar-refractivity contribution in [1.82, 2.24) is 4.31 Å². The standard InChI is InChI=1S/C12H14N2O5S2/c1-7-2-3-8(4-9(7)11(13)15)21(18,19)14-6-20-5-10(14)12(16)17/h2-4,10H,5-6H2,1H3,(H2,13,15)(H,16,17). The Morgan fingerprint density at radius 3 is 2.67 bits per heavy atom. The monoisotopic (exact) mass is 330 g/mol. The number of thioether (sulfide) groups is 1. The Labute approximate surface area is 126 Å². The number of carboxylic acids is 1. The summed E-state index contributed by atoms with van der Waals surface area (Å²) < 4.78 is 26.0. The number of aryl methyl sites for hydroxylation is 1. The highest BCUT2D eigenvalue weighted by Crippen LogP contribution is 2.29. The zero-order chi connectivity index (χ0) is 15.8. The van der Waals surface area contributed by atoms with E-state index in [2.05, 4.69) is 0 Å². The molecule has 3 N–H and O–H groups in total. The Morgan fingerprint density at radius 1 is 1.43 bits per heavy atom. The zero-order valence-electron chi connectivity index (χ0n) is 11.1. The highest BCUT2D eigenvalue weighted by atomic mass is 32.2. The number of nitrogens with zero attached hydrogens (tertiary/aromatic N) is 1. The van der Waals surface area contributed by atoms with Gasteiger partial charge in [-0.15, -0.1) is 11.8 Å². The summed E-state index contributed by atoms with van der Waals surface area (Å²) in [5.41, 5.74) is 5.88. The molecule has 1 aliphatic rings. The van der Waals surface area contributed by atoms with E-state index in [-0.39, 0.29) is 22.1 Å². The van der Waals surface area contributed by atoms with E-state index in [1.54, 1.807) is 6.92 Å². The number of rotatable bonds is 4. The lowest BCUT2D eigenvalue weighted by Gasteiger charge is -2.20. The van der Waals surface area contributed by atoms with Gasteiger partial charge < -0.3 is 10.8 Å². The molecule has 1 fully saturated rings. The molecule has 1 saturated heterocycles. The van der Waals surface area contributed by atoms with Gasteiger partial charge >= 0.3 is 5.97 Å². The second-order valence-corrected chi connectivity index (χ2v) is 7.48. The summed E-state index contributed by atoms with van der Waals surface area (Å²) in [5, 5.41) is 9.09. The van der Waals surface area contributed by atoms with Crippen molar-refractivity contribution in [3.8, 4) is 0 Å². The van der Waals surface area contributed by atoms with Gasteiger partial charge in [0.05, 0.1) is 10.8 Å². The molecule has 1 unspecified atom stereocenters. The fourth-order valence-corrected chi connectivity index (χ4v) is 5.18. The van der Waals surface area contributed by atoms with Crippen LogP contribution in [0.2, 0.25) is 0 Å². The van der Waals surface area contributed by atoms with Crippen molar-refractivity contribution in [2.45, 2.75) is 17.9 Å². The van der Waals surface area contributed by atoms with Crippen LogP contribution < -0.4 is 5.73 Å². The molecule has 0 spiro atoms. The molecule has 0 bridgehead atoms. The quantitative estimate of drug-likeness (QED) is 0.816. The second kappa shape index (κ2) is 5.66. The van der Waals surface area contributed by atoms with Crippen molar-refractivity contribution in [3.63, 3.8) is 0 Å². The molecule has 0 saturated carbocycles. The lowest BCUT2D eigenvalue weighted by Crippen LogP contribution is -2.41. The Hall–Kier alpha value is -1.58. The van der Waals surface area contributed by atoms with Gasteiger partial charge in [-0.3, -0.25) is 9.59 Å². The summed E-state index contributed by atoms with van der Waals surface area (Å²) in [5.74, 6) is -1.65. The number of nitrogens with two attached hydrogens (primary N) is 1. The van der Waals surface area contributed by atoms with Crippen LogP contribution in [0.3, 0.4) is 0 Å². The first kappa shape index (κ1) is 15.8. The minimum atomic E-state index is -3.98. The Morgan fingerprint density at radius 2 is 2.10 bits per heavy atom. The molecule has 1 heterocycles. The van der Waals surface area contributed by atoms with E-state index in [0.717, 1.165) is 4.31 Å². The first-order valence-electron chi connectivity index (χ1n) is 5.98. The fourth-order valence-electron chi connectivity index (χ4n) is 2.02.